The molecular weight excluding hydrogens is 733 g/mol. The van der Waals surface area contributed by atoms with Gasteiger partial charge in [0.1, 0.15) is 24.4 Å². The second-order valence-corrected chi connectivity index (χ2v) is 14.8. The molecule has 55 heavy (non-hydrogen) atoms. The molecule has 1 heterocycles. The van der Waals surface area contributed by atoms with E-state index in [9.17, 15) is 24.0 Å². The number of aromatic nitrogens is 1. The van der Waals surface area contributed by atoms with Crippen LogP contribution in [0, 0.1) is 0 Å². The highest BCUT2D eigenvalue weighted by molar-refractivity contribution is 7.14. The molecule has 17 heteroatoms. The van der Waals surface area contributed by atoms with Crippen LogP contribution in [0.3, 0.4) is 0 Å². The fraction of sp³-hybridized carbons (Fsp3) is 0.447. The predicted molar refractivity (Wildman–Crippen MR) is 206 cm³/mol. The third-order valence-corrected chi connectivity index (χ3v) is 7.66. The molecule has 0 fully saturated rings. The van der Waals surface area contributed by atoms with Crippen molar-refractivity contribution in [3.63, 3.8) is 0 Å². The number of aliphatic imine (C=N–C) groups is 1. The Kier molecular flexibility index (Phi) is 16.9. The van der Waals surface area contributed by atoms with E-state index in [1.165, 1.54) is 10.3 Å². The van der Waals surface area contributed by atoms with Crippen LogP contribution in [0.2, 0.25) is 0 Å². The molecule has 0 bridgehead atoms. The van der Waals surface area contributed by atoms with Crippen molar-refractivity contribution >= 4 is 52.8 Å². The Morgan fingerprint density at radius 2 is 1.33 bits per heavy atom. The van der Waals surface area contributed by atoms with Gasteiger partial charge >= 0.3 is 30.3 Å². The molecular formula is C38H50N6O10S. The first-order chi connectivity index (χ1) is 26.0. The van der Waals surface area contributed by atoms with E-state index in [1.807, 2.05) is 36.4 Å². The Morgan fingerprint density at radius 3 is 1.84 bits per heavy atom. The van der Waals surface area contributed by atoms with Gasteiger partial charge in [0.25, 0.3) is 0 Å². The van der Waals surface area contributed by atoms with Gasteiger partial charge in [0, 0.05) is 11.9 Å². The number of hydrogen-bond acceptors (Lipinski definition) is 13. The largest absolute Gasteiger partial charge is 0.461 e. The third-order valence-electron chi connectivity index (χ3n) is 6.79. The number of thiazole rings is 1. The monoisotopic (exact) mass is 782 g/mol. The van der Waals surface area contributed by atoms with Crippen molar-refractivity contribution in [1.29, 1.82) is 0 Å². The maximum Gasteiger partial charge on any atom is 0.416 e. The molecule has 1 aromatic heterocycles. The fourth-order valence-electron chi connectivity index (χ4n) is 4.49. The van der Waals surface area contributed by atoms with Crippen LogP contribution in [0.5, 0.6) is 0 Å². The molecule has 1 atom stereocenters. The second-order valence-electron chi connectivity index (χ2n) is 13.9. The predicted octanol–water partition coefficient (Wildman–Crippen LogP) is 6.94. The zero-order valence-electron chi connectivity index (χ0n) is 32.2. The number of benzene rings is 2. The number of nitrogens with one attached hydrogen (secondary N) is 3. The zero-order valence-corrected chi connectivity index (χ0v) is 33.0. The van der Waals surface area contributed by atoms with Gasteiger partial charge in [-0.25, -0.2) is 29.0 Å². The minimum Gasteiger partial charge on any atom is -0.461 e. The molecule has 298 valence electrons. The summed E-state index contributed by atoms with van der Waals surface area (Å²) in [5.41, 5.74) is -0.168. The second kappa shape index (κ2) is 21.2. The van der Waals surface area contributed by atoms with E-state index in [2.05, 4.69) is 25.9 Å². The summed E-state index contributed by atoms with van der Waals surface area (Å²) < 4.78 is 26.8. The Balaban J connectivity index is 1.80. The minimum absolute atomic E-state index is 0.0125. The molecule has 0 saturated carbocycles. The number of anilines is 1. The molecule has 0 radical (unpaired) electrons. The molecule has 3 aromatic rings. The van der Waals surface area contributed by atoms with Gasteiger partial charge in [0.05, 0.1) is 19.2 Å². The standard InChI is InChI=1S/C38H50N6O10S/c1-8-50-30(45)29-25-55-32(41-29)44(36(49)54-38(5,6)7)22-28(40-35(48)53-37(2,3)4)20-15-21-39-31(42-33(46)51-23-26-16-11-9-12-17-26)43-34(47)52-24-27-18-13-10-14-19-27/h9-14,16-19,25,28H,8,15,20-24H2,1-7H3,(H,40,48)(H2,39,42,43,46,47)/t28-/m0/s1. The Morgan fingerprint density at radius 1 is 0.782 bits per heavy atom. The molecule has 0 unspecified atom stereocenters. The van der Waals surface area contributed by atoms with Gasteiger partial charge in [-0.3, -0.25) is 20.5 Å². The number of guanidine groups is 1. The summed E-state index contributed by atoms with van der Waals surface area (Å²) in [6.07, 6.45) is -2.72. The smallest absolute Gasteiger partial charge is 0.416 e. The van der Waals surface area contributed by atoms with Crippen LogP contribution in [0.1, 0.15) is 82.9 Å². The number of hydrogen-bond donors (Lipinski definition) is 3. The molecule has 2 aromatic carbocycles. The fourth-order valence-corrected chi connectivity index (χ4v) is 5.28. The molecule has 4 amide bonds. The van der Waals surface area contributed by atoms with Crippen LogP contribution < -0.4 is 20.9 Å². The topological polar surface area (TPSA) is 196 Å². The average molecular weight is 783 g/mol. The number of rotatable bonds is 14. The maximum absolute atomic E-state index is 13.5. The minimum atomic E-state index is -0.875. The average Bonchev–Trinajstić information content (AvgIpc) is 3.60. The molecule has 16 nitrogen and oxygen atoms in total. The van der Waals surface area contributed by atoms with Gasteiger partial charge in [0.2, 0.25) is 5.96 Å². The first kappa shape index (κ1) is 43.7. The van der Waals surface area contributed by atoms with Gasteiger partial charge in [-0.05, 0) is 72.4 Å². The zero-order chi connectivity index (χ0) is 40.4. The molecule has 0 spiro atoms. The van der Waals surface area contributed by atoms with Gasteiger partial charge in [-0.2, -0.15) is 0 Å². The SMILES string of the molecule is CCOC(=O)c1csc(N(C[C@H](CCCN=C(NC(=O)OCc2ccccc2)NC(=O)OCc2ccccc2)NC(=O)OC(C)(C)C)C(=O)OC(C)(C)C)n1. The van der Waals surface area contributed by atoms with E-state index < -0.39 is 47.6 Å². The Labute approximate surface area is 324 Å². The summed E-state index contributed by atoms with van der Waals surface area (Å²) in [6.45, 7) is 11.9. The quantitative estimate of drug-likeness (QED) is 0.0504. The summed E-state index contributed by atoms with van der Waals surface area (Å²) in [4.78, 5) is 74.2. The highest BCUT2D eigenvalue weighted by Crippen LogP contribution is 2.25. The van der Waals surface area contributed by atoms with Crippen molar-refractivity contribution in [3.05, 3.63) is 82.9 Å². The summed E-state index contributed by atoms with van der Waals surface area (Å²) in [5.74, 6) is -0.876. The van der Waals surface area contributed by atoms with Gasteiger partial charge in [-0.15, -0.1) is 11.3 Å². The van der Waals surface area contributed by atoms with E-state index in [0.717, 1.165) is 22.5 Å². The third kappa shape index (κ3) is 17.3. The van der Waals surface area contributed by atoms with Crippen LogP contribution in [0.4, 0.5) is 24.3 Å². The van der Waals surface area contributed by atoms with Crippen molar-refractivity contribution < 1.29 is 47.7 Å². The lowest BCUT2D eigenvalue weighted by Gasteiger charge is -2.30. The number of alkyl carbamates (subject to hydrolysis) is 3. The van der Waals surface area contributed by atoms with Gasteiger partial charge in [-0.1, -0.05) is 60.7 Å². The number of carbonyl (C=O) groups excluding carboxylic acids is 5. The van der Waals surface area contributed by atoms with Crippen LogP contribution in [0.15, 0.2) is 71.0 Å². The lowest BCUT2D eigenvalue weighted by Crippen LogP contribution is -2.48. The van der Waals surface area contributed by atoms with Gasteiger partial charge in [0.15, 0.2) is 10.8 Å². The molecule has 3 rings (SSSR count). The van der Waals surface area contributed by atoms with E-state index in [1.54, 1.807) is 72.7 Å². The van der Waals surface area contributed by atoms with Crippen LogP contribution in [-0.4, -0.2) is 78.2 Å². The van der Waals surface area contributed by atoms with E-state index in [-0.39, 0.29) is 62.5 Å². The maximum atomic E-state index is 13.5. The number of amides is 4. The normalized spacial score (nSPS) is 11.6. The Bertz CT molecular complexity index is 1680. The van der Waals surface area contributed by atoms with Gasteiger partial charge < -0.3 is 29.0 Å². The number of nitrogens with zero attached hydrogens (tertiary/aromatic N) is 3. The van der Waals surface area contributed by atoms with Crippen LogP contribution in [-0.2, 0) is 36.9 Å². The van der Waals surface area contributed by atoms with Crippen molar-refractivity contribution in [2.45, 2.75) is 91.8 Å². The molecule has 0 aliphatic rings. The molecule has 0 saturated heterocycles. The highest BCUT2D eigenvalue weighted by Gasteiger charge is 2.30. The Hall–Kier alpha value is -5.71. The van der Waals surface area contributed by atoms with Crippen molar-refractivity contribution in [2.24, 2.45) is 4.99 Å². The number of ether oxygens (including phenoxy) is 5. The summed E-state index contributed by atoms with van der Waals surface area (Å²) in [6, 6.07) is 17.3. The molecule has 3 N–H and O–H groups in total. The van der Waals surface area contributed by atoms with Crippen molar-refractivity contribution in [3.8, 4) is 0 Å². The summed E-state index contributed by atoms with van der Waals surface area (Å²) in [5, 5.41) is 9.31. The number of esters is 1. The first-order valence-corrected chi connectivity index (χ1v) is 18.5. The summed E-state index contributed by atoms with van der Waals surface area (Å²) >= 11 is 1.03. The lowest BCUT2D eigenvalue weighted by atomic mass is 10.1. The molecule has 0 aliphatic heterocycles. The van der Waals surface area contributed by atoms with Crippen LogP contribution >= 0.6 is 11.3 Å². The summed E-state index contributed by atoms with van der Waals surface area (Å²) in [7, 11) is 0. The van der Waals surface area contributed by atoms with E-state index in [0.29, 0.717) is 0 Å². The van der Waals surface area contributed by atoms with Crippen LogP contribution in [0.25, 0.3) is 0 Å². The lowest BCUT2D eigenvalue weighted by molar-refractivity contribution is 0.0483. The van der Waals surface area contributed by atoms with Crippen molar-refractivity contribution in [1.82, 2.24) is 20.9 Å². The molecule has 0 aliphatic carbocycles. The number of carbonyl (C=O) groups is 5. The van der Waals surface area contributed by atoms with E-state index in [4.69, 9.17) is 23.7 Å². The highest BCUT2D eigenvalue weighted by atomic mass is 32.1. The van der Waals surface area contributed by atoms with Crippen molar-refractivity contribution in [2.75, 3.05) is 24.6 Å². The van der Waals surface area contributed by atoms with E-state index >= 15 is 0 Å². The first-order valence-electron chi connectivity index (χ1n) is 17.6.